The van der Waals surface area contributed by atoms with Gasteiger partial charge in [0.05, 0.1) is 5.92 Å². The monoisotopic (exact) mass is 349 g/mol. The van der Waals surface area contributed by atoms with E-state index in [0.29, 0.717) is 17.9 Å². The van der Waals surface area contributed by atoms with Gasteiger partial charge in [-0.1, -0.05) is 42.6 Å². The van der Waals surface area contributed by atoms with Crippen molar-refractivity contribution in [3.8, 4) is 6.19 Å². The minimum Gasteiger partial charge on any atom is -0.445 e. The molecule has 7 heteroatoms. The number of nitriles is 1. The molecule has 6 nitrogen and oxygen atoms in total. The molecule has 1 N–H and O–H groups in total. The molecule has 1 aliphatic carbocycles. The predicted octanol–water partition coefficient (Wildman–Crippen LogP) is 3.06. The second kappa shape index (κ2) is 8.55. The van der Waals surface area contributed by atoms with Crippen LogP contribution in [0.1, 0.15) is 31.2 Å². The summed E-state index contributed by atoms with van der Waals surface area (Å²) in [6.45, 7) is 0.0644. The molecule has 128 valence electrons. The summed E-state index contributed by atoms with van der Waals surface area (Å²) in [4.78, 5) is 25.3. The summed E-state index contributed by atoms with van der Waals surface area (Å²) in [7, 11) is 1.43. The van der Waals surface area contributed by atoms with Gasteiger partial charge in [0, 0.05) is 23.7 Å². The zero-order chi connectivity index (χ0) is 17.5. The SMILES string of the molecule is CN(C#N)C(=O)[C@H]1CCCC[C@H]1NC(=O)OCc1ccccc1Cl. The third-order valence-corrected chi connectivity index (χ3v) is 4.55. The van der Waals surface area contributed by atoms with Crippen LogP contribution in [0, 0.1) is 17.4 Å². The van der Waals surface area contributed by atoms with Gasteiger partial charge in [0.25, 0.3) is 0 Å². The van der Waals surface area contributed by atoms with Crippen LogP contribution in [0.15, 0.2) is 24.3 Å². The minimum atomic E-state index is -0.584. The molecular formula is C17H20ClN3O3. The molecule has 0 saturated heterocycles. The number of carbonyl (C=O) groups is 2. The van der Waals surface area contributed by atoms with Crippen LogP contribution >= 0.6 is 11.6 Å². The maximum Gasteiger partial charge on any atom is 0.407 e. The van der Waals surface area contributed by atoms with Crippen LogP contribution in [0.4, 0.5) is 4.79 Å². The summed E-state index contributed by atoms with van der Waals surface area (Å²) in [6, 6.07) is 6.81. The lowest BCUT2D eigenvalue weighted by atomic mass is 9.83. The fourth-order valence-corrected chi connectivity index (χ4v) is 3.04. The first kappa shape index (κ1) is 18.1. The van der Waals surface area contributed by atoms with Gasteiger partial charge in [-0.05, 0) is 18.9 Å². The molecule has 0 aromatic heterocycles. The lowest BCUT2D eigenvalue weighted by Crippen LogP contribution is -2.48. The molecule has 2 rings (SSSR count). The van der Waals surface area contributed by atoms with Crippen LogP contribution in [0.2, 0.25) is 5.02 Å². The van der Waals surface area contributed by atoms with Crippen molar-refractivity contribution in [2.75, 3.05) is 7.05 Å². The first-order valence-electron chi connectivity index (χ1n) is 7.87. The summed E-state index contributed by atoms with van der Waals surface area (Å²) < 4.78 is 5.20. The van der Waals surface area contributed by atoms with Crippen LogP contribution in [-0.4, -0.2) is 30.0 Å². The number of carbonyl (C=O) groups excluding carboxylic acids is 2. The zero-order valence-electron chi connectivity index (χ0n) is 13.5. The number of halogens is 1. The van der Waals surface area contributed by atoms with Crippen LogP contribution < -0.4 is 5.32 Å². The highest BCUT2D eigenvalue weighted by Gasteiger charge is 2.34. The first-order chi connectivity index (χ1) is 11.5. The number of nitrogens with zero attached hydrogens (tertiary/aromatic N) is 2. The Bertz CT molecular complexity index is 644. The molecule has 2 amide bonds. The van der Waals surface area contributed by atoms with Crippen LogP contribution in [0.3, 0.4) is 0 Å². The molecule has 24 heavy (non-hydrogen) atoms. The molecule has 1 saturated carbocycles. The summed E-state index contributed by atoms with van der Waals surface area (Å²) >= 11 is 6.02. The van der Waals surface area contributed by atoms with E-state index in [-0.39, 0.29) is 18.6 Å². The molecule has 1 aliphatic rings. The molecule has 1 fully saturated rings. The highest BCUT2D eigenvalue weighted by molar-refractivity contribution is 6.31. The van der Waals surface area contributed by atoms with Crippen LogP contribution in [0.5, 0.6) is 0 Å². The van der Waals surface area contributed by atoms with E-state index >= 15 is 0 Å². The molecule has 0 aliphatic heterocycles. The van der Waals surface area contributed by atoms with Crippen molar-refractivity contribution in [1.82, 2.24) is 10.2 Å². The molecule has 1 aromatic rings. The molecule has 0 unspecified atom stereocenters. The van der Waals surface area contributed by atoms with Gasteiger partial charge in [-0.2, -0.15) is 5.26 Å². The number of rotatable bonds is 4. The lowest BCUT2D eigenvalue weighted by Gasteiger charge is -2.31. The van der Waals surface area contributed by atoms with Crippen molar-refractivity contribution < 1.29 is 14.3 Å². The number of alkyl carbamates (subject to hydrolysis) is 1. The largest absolute Gasteiger partial charge is 0.445 e. The van der Waals surface area contributed by atoms with Crippen LogP contribution in [0.25, 0.3) is 0 Å². The third kappa shape index (κ3) is 4.62. The van der Waals surface area contributed by atoms with Gasteiger partial charge >= 0.3 is 6.09 Å². The summed E-state index contributed by atoms with van der Waals surface area (Å²) in [6.07, 6.45) is 4.41. The van der Waals surface area contributed by atoms with Gasteiger partial charge in [-0.15, -0.1) is 0 Å². The topological polar surface area (TPSA) is 82.4 Å². The Morgan fingerprint density at radius 3 is 2.79 bits per heavy atom. The Morgan fingerprint density at radius 2 is 2.08 bits per heavy atom. The van der Waals surface area contributed by atoms with Gasteiger partial charge < -0.3 is 10.1 Å². The van der Waals surface area contributed by atoms with Crippen molar-refractivity contribution in [3.63, 3.8) is 0 Å². The minimum absolute atomic E-state index is 0.0644. The fraction of sp³-hybridized carbons (Fsp3) is 0.471. The van der Waals surface area contributed by atoms with Crippen molar-refractivity contribution in [3.05, 3.63) is 34.9 Å². The molecule has 0 radical (unpaired) electrons. The van der Waals surface area contributed by atoms with Gasteiger partial charge in [0.2, 0.25) is 5.91 Å². The molecule has 2 atom stereocenters. The first-order valence-corrected chi connectivity index (χ1v) is 8.24. The Balaban J connectivity index is 1.92. The Kier molecular flexibility index (Phi) is 6.44. The average Bonchev–Trinajstić information content (AvgIpc) is 2.60. The van der Waals surface area contributed by atoms with E-state index in [0.717, 1.165) is 23.3 Å². The predicted molar refractivity (Wildman–Crippen MR) is 88.9 cm³/mol. The van der Waals surface area contributed by atoms with E-state index in [1.165, 1.54) is 7.05 Å². The second-order valence-electron chi connectivity index (χ2n) is 5.81. The van der Waals surface area contributed by atoms with E-state index in [1.807, 2.05) is 12.3 Å². The summed E-state index contributed by atoms with van der Waals surface area (Å²) in [5.41, 5.74) is 0.717. The summed E-state index contributed by atoms with van der Waals surface area (Å²) in [5.74, 6) is -0.662. The number of hydrogen-bond acceptors (Lipinski definition) is 4. The highest BCUT2D eigenvalue weighted by Crippen LogP contribution is 2.26. The van der Waals surface area contributed by atoms with E-state index in [9.17, 15) is 9.59 Å². The molecule has 0 bridgehead atoms. The average molecular weight is 350 g/mol. The van der Waals surface area contributed by atoms with Crippen molar-refractivity contribution >= 4 is 23.6 Å². The summed E-state index contributed by atoms with van der Waals surface area (Å²) in [5, 5.41) is 12.2. The maximum absolute atomic E-state index is 12.2. The quantitative estimate of drug-likeness (QED) is 0.669. The number of nitrogens with one attached hydrogen (secondary N) is 1. The number of amides is 2. The second-order valence-corrected chi connectivity index (χ2v) is 6.21. The number of benzene rings is 1. The van der Waals surface area contributed by atoms with E-state index in [2.05, 4.69) is 5.32 Å². The number of hydrogen-bond donors (Lipinski definition) is 1. The number of ether oxygens (including phenoxy) is 1. The smallest absolute Gasteiger partial charge is 0.407 e. The normalized spacial score (nSPS) is 19.9. The van der Waals surface area contributed by atoms with Gasteiger partial charge in [0.1, 0.15) is 6.61 Å². The van der Waals surface area contributed by atoms with Crippen LogP contribution in [-0.2, 0) is 16.1 Å². The van der Waals surface area contributed by atoms with Crippen molar-refractivity contribution in [2.45, 2.75) is 38.3 Å². The fourth-order valence-electron chi connectivity index (χ4n) is 2.85. The van der Waals surface area contributed by atoms with Gasteiger partial charge in [0.15, 0.2) is 6.19 Å². The maximum atomic E-state index is 12.2. The zero-order valence-corrected chi connectivity index (χ0v) is 14.3. The highest BCUT2D eigenvalue weighted by atomic mass is 35.5. The van der Waals surface area contributed by atoms with E-state index in [4.69, 9.17) is 21.6 Å². The van der Waals surface area contributed by atoms with E-state index < -0.39 is 12.0 Å². The van der Waals surface area contributed by atoms with Gasteiger partial charge in [-0.3, -0.25) is 9.69 Å². The molecular weight excluding hydrogens is 330 g/mol. The molecule has 1 aromatic carbocycles. The van der Waals surface area contributed by atoms with Gasteiger partial charge in [-0.25, -0.2) is 4.79 Å². The lowest BCUT2D eigenvalue weighted by molar-refractivity contribution is -0.133. The standard InChI is InChI=1S/C17H20ClN3O3/c1-21(11-19)16(22)13-7-3-5-9-15(13)20-17(23)24-10-12-6-2-4-8-14(12)18/h2,4,6,8,13,15H,3,5,7,9-10H2,1H3,(H,20,23)/t13-,15+/m0/s1. The Hall–Kier alpha value is -2.26. The van der Waals surface area contributed by atoms with Crippen molar-refractivity contribution in [2.24, 2.45) is 5.92 Å². The van der Waals surface area contributed by atoms with Crippen molar-refractivity contribution in [1.29, 1.82) is 5.26 Å². The Labute approximate surface area is 146 Å². The Morgan fingerprint density at radius 1 is 1.38 bits per heavy atom. The third-order valence-electron chi connectivity index (χ3n) is 4.18. The molecule has 0 spiro atoms. The van der Waals surface area contributed by atoms with E-state index in [1.54, 1.807) is 18.2 Å². The molecule has 0 heterocycles.